The second-order valence-electron chi connectivity index (χ2n) is 3.27. The molecule has 0 aromatic heterocycles. The van der Waals surface area contributed by atoms with Crippen molar-refractivity contribution in [3.05, 3.63) is 22.3 Å². The van der Waals surface area contributed by atoms with E-state index in [9.17, 15) is 10.1 Å². The van der Waals surface area contributed by atoms with Gasteiger partial charge in [-0.3, -0.25) is 10.1 Å². The van der Waals surface area contributed by atoms with Crippen LogP contribution in [0.15, 0.2) is 12.2 Å². The van der Waals surface area contributed by atoms with Crippen LogP contribution in [0.1, 0.15) is 13.8 Å². The van der Waals surface area contributed by atoms with Crippen molar-refractivity contribution in [2.75, 3.05) is 13.2 Å². The van der Waals surface area contributed by atoms with Crippen LogP contribution < -0.4 is 0 Å². The molecule has 1 aliphatic heterocycles. The summed E-state index contributed by atoms with van der Waals surface area (Å²) in [7, 11) is 0. The first kappa shape index (κ1) is 10.1. The van der Waals surface area contributed by atoms with E-state index in [0.717, 1.165) is 0 Å². The predicted molar refractivity (Wildman–Crippen MR) is 45.9 cm³/mol. The van der Waals surface area contributed by atoms with Crippen LogP contribution in [0.3, 0.4) is 0 Å². The van der Waals surface area contributed by atoms with Gasteiger partial charge in [-0.15, -0.1) is 0 Å². The fraction of sp³-hybridized carbons (Fsp3) is 0.750. The molecule has 13 heavy (non-hydrogen) atoms. The number of hydrogen-bond donors (Lipinski definition) is 0. The van der Waals surface area contributed by atoms with E-state index < -0.39 is 11.8 Å². The van der Waals surface area contributed by atoms with Crippen LogP contribution in [0.25, 0.3) is 0 Å². The van der Waals surface area contributed by atoms with Crippen molar-refractivity contribution in [1.82, 2.24) is 0 Å². The summed E-state index contributed by atoms with van der Waals surface area (Å²) < 4.78 is 10.3. The standard InChI is InChI=1S/C8H13NO4/c1-3-4-7-12-5-8(2,6-13-7)9(10)11/h3-4,7H,5-6H2,1-2H3. The smallest absolute Gasteiger partial charge is 0.265 e. The maximum absolute atomic E-state index is 10.6. The number of nitrogens with zero attached hydrogens (tertiary/aromatic N) is 1. The lowest BCUT2D eigenvalue weighted by molar-refractivity contribution is -0.585. The highest BCUT2D eigenvalue weighted by Crippen LogP contribution is 2.18. The fourth-order valence-electron chi connectivity index (χ4n) is 0.987. The van der Waals surface area contributed by atoms with Gasteiger partial charge in [0.1, 0.15) is 13.2 Å². The van der Waals surface area contributed by atoms with Gasteiger partial charge in [0.15, 0.2) is 6.29 Å². The minimum Gasteiger partial charge on any atom is -0.341 e. The molecule has 0 aromatic carbocycles. The molecule has 74 valence electrons. The van der Waals surface area contributed by atoms with Crippen LogP contribution in [0.2, 0.25) is 0 Å². The Bertz CT molecular complexity index is 218. The van der Waals surface area contributed by atoms with Gasteiger partial charge in [0.05, 0.1) is 0 Å². The van der Waals surface area contributed by atoms with Crippen molar-refractivity contribution in [3.8, 4) is 0 Å². The second kappa shape index (κ2) is 3.85. The van der Waals surface area contributed by atoms with Crippen LogP contribution in [-0.4, -0.2) is 30.0 Å². The molecule has 0 spiro atoms. The Balaban J connectivity index is 2.51. The average Bonchev–Trinajstić information content (AvgIpc) is 2.09. The van der Waals surface area contributed by atoms with E-state index in [-0.39, 0.29) is 18.1 Å². The van der Waals surface area contributed by atoms with Crippen LogP contribution in [0.5, 0.6) is 0 Å². The van der Waals surface area contributed by atoms with E-state index in [1.165, 1.54) is 6.92 Å². The van der Waals surface area contributed by atoms with Crippen LogP contribution in [0.4, 0.5) is 0 Å². The summed E-state index contributed by atoms with van der Waals surface area (Å²) in [6, 6.07) is 0. The summed E-state index contributed by atoms with van der Waals surface area (Å²) in [5.41, 5.74) is -1.10. The molecule has 0 aromatic rings. The van der Waals surface area contributed by atoms with Gasteiger partial charge >= 0.3 is 0 Å². The lowest BCUT2D eigenvalue weighted by Gasteiger charge is -2.29. The Morgan fingerprint density at radius 2 is 2.08 bits per heavy atom. The van der Waals surface area contributed by atoms with Gasteiger partial charge in [0.2, 0.25) is 0 Å². The van der Waals surface area contributed by atoms with Crippen molar-refractivity contribution >= 4 is 0 Å². The average molecular weight is 187 g/mol. The first-order chi connectivity index (χ1) is 6.08. The summed E-state index contributed by atoms with van der Waals surface area (Å²) in [4.78, 5) is 10.2. The Morgan fingerprint density at radius 3 is 2.46 bits per heavy atom. The third-order valence-electron chi connectivity index (χ3n) is 1.91. The van der Waals surface area contributed by atoms with Crippen LogP contribution in [0, 0.1) is 10.1 Å². The first-order valence-electron chi connectivity index (χ1n) is 4.09. The lowest BCUT2D eigenvalue weighted by Crippen LogP contribution is -2.50. The van der Waals surface area contributed by atoms with Crippen LogP contribution >= 0.6 is 0 Å². The summed E-state index contributed by atoms with van der Waals surface area (Å²) in [6.45, 7) is 3.54. The minimum atomic E-state index is -1.10. The zero-order valence-electron chi connectivity index (χ0n) is 7.73. The molecule has 0 unspecified atom stereocenters. The molecule has 1 heterocycles. The van der Waals surface area contributed by atoms with Crippen molar-refractivity contribution < 1.29 is 14.4 Å². The highest BCUT2D eigenvalue weighted by molar-refractivity contribution is 4.86. The number of rotatable bonds is 2. The molecule has 0 atom stereocenters. The zero-order chi connectivity index (χ0) is 9.90. The van der Waals surface area contributed by atoms with E-state index in [0.29, 0.717) is 0 Å². The van der Waals surface area contributed by atoms with Crippen molar-refractivity contribution in [1.29, 1.82) is 0 Å². The summed E-state index contributed by atoms with van der Waals surface area (Å²) in [5.74, 6) is 0. The molecule has 0 N–H and O–H groups in total. The SMILES string of the molecule is CC=CC1OCC(C)([N+](=O)[O-])CO1. The topological polar surface area (TPSA) is 61.6 Å². The Morgan fingerprint density at radius 1 is 1.54 bits per heavy atom. The Hall–Kier alpha value is -0.940. The van der Waals surface area contributed by atoms with E-state index >= 15 is 0 Å². The Labute approximate surface area is 76.5 Å². The Kier molecular flexibility index (Phi) is 3.00. The van der Waals surface area contributed by atoms with E-state index in [2.05, 4.69) is 0 Å². The highest BCUT2D eigenvalue weighted by atomic mass is 16.7. The summed E-state index contributed by atoms with van der Waals surface area (Å²) in [5, 5.41) is 10.6. The maximum Gasteiger partial charge on any atom is 0.265 e. The molecule has 0 aliphatic carbocycles. The van der Waals surface area contributed by atoms with Gasteiger partial charge in [-0.25, -0.2) is 0 Å². The molecule has 0 radical (unpaired) electrons. The molecule has 1 rings (SSSR count). The quantitative estimate of drug-likeness (QED) is 0.367. The molecule has 0 amide bonds. The third kappa shape index (κ3) is 2.26. The summed E-state index contributed by atoms with van der Waals surface area (Å²) in [6.07, 6.45) is 3.08. The van der Waals surface area contributed by atoms with Gasteiger partial charge in [-0.1, -0.05) is 6.08 Å². The van der Waals surface area contributed by atoms with Crippen molar-refractivity contribution in [2.45, 2.75) is 25.7 Å². The molecule has 0 bridgehead atoms. The number of nitro groups is 1. The van der Waals surface area contributed by atoms with Gasteiger partial charge < -0.3 is 9.47 Å². The van der Waals surface area contributed by atoms with Crippen LogP contribution in [-0.2, 0) is 9.47 Å². The molecule has 1 saturated heterocycles. The van der Waals surface area contributed by atoms with E-state index in [1.807, 2.05) is 6.92 Å². The first-order valence-corrected chi connectivity index (χ1v) is 4.09. The second-order valence-corrected chi connectivity index (χ2v) is 3.27. The fourth-order valence-corrected chi connectivity index (χ4v) is 0.987. The molecule has 5 nitrogen and oxygen atoms in total. The van der Waals surface area contributed by atoms with E-state index in [1.54, 1.807) is 12.2 Å². The number of hydrogen-bond acceptors (Lipinski definition) is 4. The molecule has 1 fully saturated rings. The van der Waals surface area contributed by atoms with Gasteiger partial charge in [0, 0.05) is 11.8 Å². The normalized spacial score (nSPS) is 35.1. The largest absolute Gasteiger partial charge is 0.341 e. The van der Waals surface area contributed by atoms with Gasteiger partial charge in [0.25, 0.3) is 5.54 Å². The monoisotopic (exact) mass is 187 g/mol. The minimum absolute atomic E-state index is 0.0923. The molecular formula is C8H13NO4. The van der Waals surface area contributed by atoms with E-state index in [4.69, 9.17) is 9.47 Å². The predicted octanol–water partition coefficient (Wildman–Crippen LogP) is 0.971. The number of ether oxygens (including phenoxy) is 2. The van der Waals surface area contributed by atoms with Gasteiger partial charge in [-0.05, 0) is 13.0 Å². The molecular weight excluding hydrogens is 174 g/mol. The molecule has 5 heteroatoms. The molecule has 0 saturated carbocycles. The zero-order valence-corrected chi connectivity index (χ0v) is 7.73. The molecule has 1 aliphatic rings. The number of allylic oxidation sites excluding steroid dienone is 1. The van der Waals surface area contributed by atoms with Crippen molar-refractivity contribution in [2.24, 2.45) is 0 Å². The van der Waals surface area contributed by atoms with Crippen molar-refractivity contribution in [3.63, 3.8) is 0 Å². The third-order valence-corrected chi connectivity index (χ3v) is 1.91. The summed E-state index contributed by atoms with van der Waals surface area (Å²) >= 11 is 0. The highest BCUT2D eigenvalue weighted by Gasteiger charge is 2.42. The lowest BCUT2D eigenvalue weighted by atomic mass is 10.1. The maximum atomic E-state index is 10.6. The van der Waals surface area contributed by atoms with Gasteiger partial charge in [-0.2, -0.15) is 0 Å².